The topological polar surface area (TPSA) is 52.3 Å². The van der Waals surface area contributed by atoms with Crippen molar-refractivity contribution < 1.29 is 18.3 Å². The molecule has 0 aliphatic carbocycles. The van der Waals surface area contributed by atoms with Gasteiger partial charge in [0.05, 0.1) is 18.7 Å². The molecule has 15 heavy (non-hydrogen) atoms. The number of carbonyl (C=O) groups excluding carboxylic acids is 1. The molecule has 3 nitrogen and oxygen atoms in total. The first-order chi connectivity index (χ1) is 7.11. The average Bonchev–Trinajstić information content (AvgIpc) is 2.24. The first-order valence-corrected chi connectivity index (χ1v) is 4.31. The van der Waals surface area contributed by atoms with Crippen molar-refractivity contribution in [3.63, 3.8) is 0 Å². The molecule has 0 atom stereocenters. The minimum Gasteiger partial charge on any atom is -0.380 e. The SMILES string of the molecule is COCc1ccc(C(=O)CN)c(F)c1F. The van der Waals surface area contributed by atoms with Crippen LogP contribution in [0.3, 0.4) is 0 Å². The van der Waals surface area contributed by atoms with E-state index < -0.39 is 17.4 Å². The molecule has 0 amide bonds. The summed E-state index contributed by atoms with van der Waals surface area (Å²) in [5, 5.41) is 0. The number of Topliss-reactive ketones (excluding diaryl/α,β-unsaturated/α-hetero) is 1. The van der Waals surface area contributed by atoms with Crippen LogP contribution in [0.1, 0.15) is 15.9 Å². The summed E-state index contributed by atoms with van der Waals surface area (Å²) in [5.74, 6) is -2.86. The third kappa shape index (κ3) is 2.37. The lowest BCUT2D eigenvalue weighted by Crippen LogP contribution is -2.16. The standard InChI is InChI=1S/C10H11F2NO2/c1-15-5-6-2-3-7(8(14)4-13)10(12)9(6)11/h2-3H,4-5,13H2,1H3. The van der Waals surface area contributed by atoms with Gasteiger partial charge in [0, 0.05) is 12.7 Å². The Morgan fingerprint density at radius 3 is 2.60 bits per heavy atom. The summed E-state index contributed by atoms with van der Waals surface area (Å²) in [5.41, 5.74) is 4.80. The molecular weight excluding hydrogens is 204 g/mol. The van der Waals surface area contributed by atoms with Crippen LogP contribution < -0.4 is 5.73 Å². The summed E-state index contributed by atoms with van der Waals surface area (Å²) >= 11 is 0. The van der Waals surface area contributed by atoms with Crippen LogP contribution in [0.5, 0.6) is 0 Å². The van der Waals surface area contributed by atoms with Gasteiger partial charge >= 0.3 is 0 Å². The summed E-state index contributed by atoms with van der Waals surface area (Å²) in [6, 6.07) is 2.52. The molecule has 0 saturated carbocycles. The molecule has 2 N–H and O–H groups in total. The summed E-state index contributed by atoms with van der Waals surface area (Å²) in [4.78, 5) is 11.1. The highest BCUT2D eigenvalue weighted by Gasteiger charge is 2.17. The van der Waals surface area contributed by atoms with E-state index in [2.05, 4.69) is 4.74 Å². The van der Waals surface area contributed by atoms with Crippen LogP contribution in [-0.2, 0) is 11.3 Å². The number of hydrogen-bond acceptors (Lipinski definition) is 3. The number of methoxy groups -OCH3 is 1. The molecule has 1 aromatic carbocycles. The number of halogens is 2. The Kier molecular flexibility index (Phi) is 3.88. The van der Waals surface area contributed by atoms with Crippen LogP contribution in [0.25, 0.3) is 0 Å². The van der Waals surface area contributed by atoms with Gasteiger partial charge in [0.15, 0.2) is 17.4 Å². The monoisotopic (exact) mass is 215 g/mol. The van der Waals surface area contributed by atoms with E-state index in [1.165, 1.54) is 19.2 Å². The van der Waals surface area contributed by atoms with Gasteiger partial charge < -0.3 is 10.5 Å². The minimum atomic E-state index is -1.17. The molecule has 1 rings (SSSR count). The van der Waals surface area contributed by atoms with E-state index >= 15 is 0 Å². The molecule has 5 heteroatoms. The number of ether oxygens (including phenoxy) is 1. The molecular formula is C10H11F2NO2. The predicted octanol–water partition coefficient (Wildman–Crippen LogP) is 1.25. The van der Waals surface area contributed by atoms with E-state index in [4.69, 9.17) is 5.73 Å². The highest BCUT2D eigenvalue weighted by molar-refractivity contribution is 5.97. The number of carbonyl (C=O) groups is 1. The fourth-order valence-electron chi connectivity index (χ4n) is 1.18. The molecule has 0 spiro atoms. The van der Waals surface area contributed by atoms with Crippen molar-refractivity contribution >= 4 is 5.78 Å². The number of rotatable bonds is 4. The molecule has 82 valence electrons. The van der Waals surface area contributed by atoms with E-state index in [1.807, 2.05) is 0 Å². The van der Waals surface area contributed by atoms with Crippen molar-refractivity contribution in [2.75, 3.05) is 13.7 Å². The smallest absolute Gasteiger partial charge is 0.179 e. The Morgan fingerprint density at radius 1 is 1.40 bits per heavy atom. The Morgan fingerprint density at radius 2 is 2.07 bits per heavy atom. The Bertz CT molecular complexity index is 380. The van der Waals surface area contributed by atoms with Crippen molar-refractivity contribution in [2.45, 2.75) is 6.61 Å². The highest BCUT2D eigenvalue weighted by Crippen LogP contribution is 2.17. The molecule has 0 aliphatic heterocycles. The molecule has 0 unspecified atom stereocenters. The second-order valence-electron chi connectivity index (χ2n) is 2.96. The van der Waals surface area contributed by atoms with Crippen molar-refractivity contribution in [1.82, 2.24) is 0 Å². The third-order valence-corrected chi connectivity index (χ3v) is 1.95. The van der Waals surface area contributed by atoms with E-state index in [0.29, 0.717) is 0 Å². The fourth-order valence-corrected chi connectivity index (χ4v) is 1.18. The molecule has 0 fully saturated rings. The third-order valence-electron chi connectivity index (χ3n) is 1.95. The largest absolute Gasteiger partial charge is 0.380 e. The van der Waals surface area contributed by atoms with Crippen LogP contribution in [0.2, 0.25) is 0 Å². The first kappa shape index (κ1) is 11.7. The van der Waals surface area contributed by atoms with Crippen LogP contribution >= 0.6 is 0 Å². The van der Waals surface area contributed by atoms with Gasteiger partial charge in [-0.3, -0.25) is 4.79 Å². The van der Waals surface area contributed by atoms with Crippen LogP contribution in [0.4, 0.5) is 8.78 Å². The second-order valence-corrected chi connectivity index (χ2v) is 2.96. The summed E-state index contributed by atoms with van der Waals surface area (Å²) in [6.45, 7) is -0.389. The quantitative estimate of drug-likeness (QED) is 0.769. The Labute approximate surface area is 85.8 Å². The van der Waals surface area contributed by atoms with Gasteiger partial charge in [-0.15, -0.1) is 0 Å². The Balaban J connectivity index is 3.15. The molecule has 0 saturated heterocycles. The lowest BCUT2D eigenvalue weighted by molar-refractivity contribution is 0.0996. The number of ketones is 1. The summed E-state index contributed by atoms with van der Waals surface area (Å²) < 4.78 is 31.3. The van der Waals surface area contributed by atoms with Gasteiger partial charge in [-0.05, 0) is 6.07 Å². The number of benzene rings is 1. The molecule has 0 radical (unpaired) electrons. The maximum absolute atomic E-state index is 13.3. The lowest BCUT2D eigenvalue weighted by atomic mass is 10.1. The van der Waals surface area contributed by atoms with Gasteiger partial charge in [-0.1, -0.05) is 6.07 Å². The number of nitrogens with two attached hydrogens (primary N) is 1. The fraction of sp³-hybridized carbons (Fsp3) is 0.300. The molecule has 0 aromatic heterocycles. The zero-order chi connectivity index (χ0) is 11.4. The van der Waals surface area contributed by atoms with E-state index in [9.17, 15) is 13.6 Å². The predicted molar refractivity (Wildman–Crippen MR) is 50.5 cm³/mol. The van der Waals surface area contributed by atoms with Crippen molar-refractivity contribution in [3.8, 4) is 0 Å². The highest BCUT2D eigenvalue weighted by atomic mass is 19.2. The average molecular weight is 215 g/mol. The first-order valence-electron chi connectivity index (χ1n) is 4.31. The van der Waals surface area contributed by atoms with Gasteiger partial charge in [0.2, 0.25) is 0 Å². The normalized spacial score (nSPS) is 10.4. The second kappa shape index (κ2) is 4.95. The van der Waals surface area contributed by atoms with Crippen molar-refractivity contribution in [1.29, 1.82) is 0 Å². The zero-order valence-electron chi connectivity index (χ0n) is 8.22. The van der Waals surface area contributed by atoms with E-state index in [1.54, 1.807) is 0 Å². The lowest BCUT2D eigenvalue weighted by Gasteiger charge is -2.06. The number of hydrogen-bond donors (Lipinski definition) is 1. The molecule has 0 aliphatic rings. The Hall–Kier alpha value is -1.33. The van der Waals surface area contributed by atoms with Gasteiger partial charge in [-0.25, -0.2) is 8.78 Å². The minimum absolute atomic E-state index is 0.0418. The summed E-state index contributed by atoms with van der Waals surface area (Å²) in [6.07, 6.45) is 0. The maximum Gasteiger partial charge on any atom is 0.179 e. The molecule has 0 bridgehead atoms. The summed E-state index contributed by atoms with van der Waals surface area (Å²) in [7, 11) is 1.37. The zero-order valence-corrected chi connectivity index (χ0v) is 8.22. The van der Waals surface area contributed by atoms with E-state index in [0.717, 1.165) is 0 Å². The van der Waals surface area contributed by atoms with Crippen molar-refractivity contribution in [2.24, 2.45) is 5.73 Å². The van der Waals surface area contributed by atoms with Crippen LogP contribution in [-0.4, -0.2) is 19.4 Å². The van der Waals surface area contributed by atoms with Gasteiger partial charge in [-0.2, -0.15) is 0 Å². The van der Waals surface area contributed by atoms with Gasteiger partial charge in [0.1, 0.15) is 0 Å². The van der Waals surface area contributed by atoms with Gasteiger partial charge in [0.25, 0.3) is 0 Å². The van der Waals surface area contributed by atoms with E-state index in [-0.39, 0.29) is 24.3 Å². The van der Waals surface area contributed by atoms with Crippen LogP contribution in [0.15, 0.2) is 12.1 Å². The van der Waals surface area contributed by atoms with Crippen LogP contribution in [0, 0.1) is 11.6 Å². The molecule has 0 heterocycles. The molecule has 1 aromatic rings. The van der Waals surface area contributed by atoms with Crippen molar-refractivity contribution in [3.05, 3.63) is 34.9 Å². The maximum atomic E-state index is 13.3.